The average Bonchev–Trinajstić information content (AvgIpc) is 2.33. The van der Waals surface area contributed by atoms with Gasteiger partial charge >= 0.3 is 18.3 Å². The third-order valence-corrected chi connectivity index (χ3v) is 4.54. The van der Waals surface area contributed by atoms with E-state index in [1.165, 1.54) is 13.8 Å². The van der Waals surface area contributed by atoms with Crippen LogP contribution < -0.4 is 0 Å². The number of rotatable bonds is 3. The zero-order chi connectivity index (χ0) is 20.1. The smallest absolute Gasteiger partial charge is 0.443 e. The van der Waals surface area contributed by atoms with E-state index in [9.17, 15) is 36.2 Å². The second-order valence-corrected chi connectivity index (χ2v) is 7.54. The Bertz CT molecular complexity index is 499. The summed E-state index contributed by atoms with van der Waals surface area (Å²) >= 11 is 0. The molecule has 0 aromatic rings. The summed E-state index contributed by atoms with van der Waals surface area (Å²) in [7, 11) is 0. The minimum atomic E-state index is -5.51. The Morgan fingerprint density at radius 1 is 1.08 bits per heavy atom. The van der Waals surface area contributed by atoms with Gasteiger partial charge in [0.25, 0.3) is 5.79 Å². The summed E-state index contributed by atoms with van der Waals surface area (Å²) in [6.07, 6.45) is -12.9. The van der Waals surface area contributed by atoms with E-state index >= 15 is 0 Å². The molecule has 0 radical (unpaired) electrons. The first kappa shape index (κ1) is 22.0. The number of halogens is 6. The van der Waals surface area contributed by atoms with Gasteiger partial charge in [0.2, 0.25) is 0 Å². The molecule has 0 aliphatic carbocycles. The Balaban J connectivity index is 3.33. The first-order valence-electron chi connectivity index (χ1n) is 7.60. The van der Waals surface area contributed by atoms with Crippen LogP contribution in [0, 0.1) is 5.41 Å². The standard InChI is InChI=1S/C15H22F6O4/c1-6-10(2,3)9(22)24-11(4)7-12(5,14(16,17)18)25-13(23,8-11)15(19,20)21/h23H,6-8H2,1-5H3. The van der Waals surface area contributed by atoms with E-state index in [4.69, 9.17) is 4.74 Å². The zero-order valence-corrected chi connectivity index (χ0v) is 14.6. The number of esters is 1. The van der Waals surface area contributed by atoms with E-state index in [-0.39, 0.29) is 6.42 Å². The number of aliphatic hydroxyl groups is 1. The van der Waals surface area contributed by atoms with Crippen molar-refractivity contribution in [2.75, 3.05) is 0 Å². The second kappa shape index (κ2) is 6.00. The van der Waals surface area contributed by atoms with Crippen molar-refractivity contribution < 1.29 is 45.7 Å². The molecule has 3 unspecified atom stereocenters. The van der Waals surface area contributed by atoms with Crippen LogP contribution in [0.4, 0.5) is 26.3 Å². The van der Waals surface area contributed by atoms with E-state index < -0.39 is 53.6 Å². The molecule has 25 heavy (non-hydrogen) atoms. The van der Waals surface area contributed by atoms with Crippen LogP contribution in [0.15, 0.2) is 0 Å². The van der Waals surface area contributed by atoms with Gasteiger partial charge in [0.15, 0.2) is 5.60 Å². The number of alkyl halides is 6. The van der Waals surface area contributed by atoms with Crippen molar-refractivity contribution in [3.8, 4) is 0 Å². The van der Waals surface area contributed by atoms with E-state index in [0.29, 0.717) is 6.92 Å². The van der Waals surface area contributed by atoms with Crippen molar-refractivity contribution in [1.82, 2.24) is 0 Å². The van der Waals surface area contributed by atoms with Gasteiger partial charge in [-0.3, -0.25) is 4.79 Å². The number of hydrogen-bond acceptors (Lipinski definition) is 4. The van der Waals surface area contributed by atoms with Crippen LogP contribution in [-0.4, -0.2) is 40.4 Å². The third kappa shape index (κ3) is 4.21. The SMILES string of the molecule is CCC(C)(C)C(=O)OC1(C)CC(C)(C(F)(F)F)OC(O)(C(F)(F)F)C1. The fourth-order valence-corrected chi connectivity index (χ4v) is 2.62. The number of carbonyl (C=O) groups is 1. The second-order valence-electron chi connectivity index (χ2n) is 7.54. The first-order valence-corrected chi connectivity index (χ1v) is 7.60. The van der Waals surface area contributed by atoms with E-state index in [0.717, 1.165) is 6.92 Å². The predicted molar refractivity (Wildman–Crippen MR) is 74.4 cm³/mol. The van der Waals surface area contributed by atoms with E-state index in [2.05, 4.69) is 4.74 Å². The highest BCUT2D eigenvalue weighted by atomic mass is 19.4. The maximum atomic E-state index is 13.3. The highest BCUT2D eigenvalue weighted by molar-refractivity contribution is 5.76. The lowest BCUT2D eigenvalue weighted by Crippen LogP contribution is -2.67. The Morgan fingerprint density at radius 2 is 1.56 bits per heavy atom. The summed E-state index contributed by atoms with van der Waals surface area (Å²) in [6.45, 7) is 5.85. The molecule has 148 valence electrons. The van der Waals surface area contributed by atoms with Gasteiger partial charge in [-0.15, -0.1) is 0 Å². The molecule has 1 heterocycles. The molecular formula is C15H22F6O4. The fourth-order valence-electron chi connectivity index (χ4n) is 2.62. The molecule has 10 heteroatoms. The van der Waals surface area contributed by atoms with Gasteiger partial charge in [-0.2, -0.15) is 26.3 Å². The first-order chi connectivity index (χ1) is 10.8. The van der Waals surface area contributed by atoms with Crippen LogP contribution >= 0.6 is 0 Å². The predicted octanol–water partition coefficient (Wildman–Crippen LogP) is 4.11. The van der Waals surface area contributed by atoms with E-state index in [1.54, 1.807) is 6.92 Å². The minimum absolute atomic E-state index is 0.262. The Kier molecular flexibility index (Phi) is 5.29. The Labute approximate surface area is 141 Å². The Morgan fingerprint density at radius 3 is 1.92 bits per heavy atom. The summed E-state index contributed by atoms with van der Waals surface area (Å²) in [5.74, 6) is -5.05. The van der Waals surface area contributed by atoms with Crippen LogP contribution in [-0.2, 0) is 14.3 Å². The van der Waals surface area contributed by atoms with Gasteiger partial charge in [-0.25, -0.2) is 0 Å². The summed E-state index contributed by atoms with van der Waals surface area (Å²) in [6, 6.07) is 0. The van der Waals surface area contributed by atoms with Crippen LogP contribution in [0.1, 0.15) is 53.9 Å². The molecule has 0 aromatic heterocycles. The molecule has 0 saturated carbocycles. The van der Waals surface area contributed by atoms with Crippen LogP contribution in [0.2, 0.25) is 0 Å². The molecule has 0 bridgehead atoms. The number of hydrogen-bond donors (Lipinski definition) is 1. The lowest BCUT2D eigenvalue weighted by molar-refractivity contribution is -0.453. The molecule has 1 rings (SSSR count). The zero-order valence-electron chi connectivity index (χ0n) is 14.6. The van der Waals surface area contributed by atoms with Crippen LogP contribution in [0.25, 0.3) is 0 Å². The van der Waals surface area contributed by atoms with Crippen molar-refractivity contribution >= 4 is 5.97 Å². The van der Waals surface area contributed by atoms with Gasteiger partial charge < -0.3 is 14.6 Å². The molecule has 1 aliphatic heterocycles. The number of carbonyl (C=O) groups excluding carboxylic acids is 1. The van der Waals surface area contributed by atoms with Gasteiger partial charge in [0, 0.05) is 6.42 Å². The van der Waals surface area contributed by atoms with Gasteiger partial charge in [-0.05, 0) is 34.1 Å². The maximum Gasteiger partial charge on any atom is 0.443 e. The van der Waals surface area contributed by atoms with Crippen molar-refractivity contribution in [3.63, 3.8) is 0 Å². The highest BCUT2D eigenvalue weighted by Gasteiger charge is 2.71. The van der Waals surface area contributed by atoms with Crippen LogP contribution in [0.5, 0.6) is 0 Å². The van der Waals surface area contributed by atoms with Gasteiger partial charge in [-0.1, -0.05) is 6.92 Å². The molecule has 3 atom stereocenters. The summed E-state index contributed by atoms with van der Waals surface area (Å²) in [5, 5.41) is 9.78. The van der Waals surface area contributed by atoms with Gasteiger partial charge in [0.1, 0.15) is 5.60 Å². The fraction of sp³-hybridized carbons (Fsp3) is 0.933. The monoisotopic (exact) mass is 380 g/mol. The molecule has 1 saturated heterocycles. The molecule has 0 amide bonds. The largest absolute Gasteiger partial charge is 0.459 e. The van der Waals surface area contributed by atoms with Gasteiger partial charge in [0.05, 0.1) is 11.8 Å². The number of ether oxygens (including phenoxy) is 2. The summed E-state index contributed by atoms with van der Waals surface area (Å²) < 4.78 is 88.5. The third-order valence-electron chi connectivity index (χ3n) is 4.54. The minimum Gasteiger partial charge on any atom is -0.459 e. The molecule has 4 nitrogen and oxygen atoms in total. The molecule has 0 spiro atoms. The van der Waals surface area contributed by atoms with Crippen molar-refractivity contribution in [2.45, 2.75) is 83.2 Å². The lowest BCUT2D eigenvalue weighted by atomic mass is 9.79. The van der Waals surface area contributed by atoms with E-state index in [1.807, 2.05) is 0 Å². The molecule has 0 aromatic carbocycles. The molecule has 1 N–H and O–H groups in total. The maximum absolute atomic E-state index is 13.3. The average molecular weight is 380 g/mol. The quantitative estimate of drug-likeness (QED) is 0.592. The highest BCUT2D eigenvalue weighted by Crippen LogP contribution is 2.53. The summed E-state index contributed by atoms with van der Waals surface area (Å²) in [5.41, 5.74) is -6.68. The van der Waals surface area contributed by atoms with Crippen molar-refractivity contribution in [2.24, 2.45) is 5.41 Å². The lowest BCUT2D eigenvalue weighted by Gasteiger charge is -2.51. The molecule has 1 aliphatic rings. The van der Waals surface area contributed by atoms with Crippen LogP contribution in [0.3, 0.4) is 0 Å². The normalized spacial score (nSPS) is 34.7. The Hall–Kier alpha value is -1.03. The van der Waals surface area contributed by atoms with Crippen molar-refractivity contribution in [1.29, 1.82) is 0 Å². The molecule has 1 fully saturated rings. The van der Waals surface area contributed by atoms with Crippen molar-refractivity contribution in [3.05, 3.63) is 0 Å². The summed E-state index contributed by atoms with van der Waals surface area (Å²) in [4.78, 5) is 12.2. The molecular weight excluding hydrogens is 358 g/mol. The topological polar surface area (TPSA) is 55.8 Å².